The number of halogens is 1. The Morgan fingerprint density at radius 3 is 2.50 bits per heavy atom. The maximum atomic E-state index is 9.64. The maximum absolute atomic E-state index is 9.64. The van der Waals surface area contributed by atoms with E-state index in [-0.39, 0.29) is 0 Å². The molecule has 0 aliphatic rings. The van der Waals surface area contributed by atoms with Gasteiger partial charge in [0.2, 0.25) is 0 Å². The third-order valence-electron chi connectivity index (χ3n) is 2.25. The first-order valence-corrected chi connectivity index (χ1v) is 5.44. The van der Waals surface area contributed by atoms with Crippen molar-refractivity contribution in [2.24, 2.45) is 0 Å². The van der Waals surface area contributed by atoms with Crippen LogP contribution >= 0.6 is 22.9 Å². The lowest BCUT2D eigenvalue weighted by Gasteiger charge is -2.06. The highest BCUT2D eigenvalue weighted by Crippen LogP contribution is 2.27. The molecule has 0 bridgehead atoms. The SMILES string of the molecule is Oc1ccc(CNI)c2ccccc12. The zero-order chi connectivity index (χ0) is 9.97. The summed E-state index contributed by atoms with van der Waals surface area (Å²) < 4.78 is 3.08. The van der Waals surface area contributed by atoms with Crippen LogP contribution in [0.1, 0.15) is 5.56 Å². The molecule has 0 heterocycles. The van der Waals surface area contributed by atoms with Crippen molar-refractivity contribution in [2.45, 2.75) is 6.54 Å². The second kappa shape index (κ2) is 4.14. The summed E-state index contributed by atoms with van der Waals surface area (Å²) in [5, 5.41) is 11.7. The highest BCUT2D eigenvalue weighted by molar-refractivity contribution is 14.1. The summed E-state index contributed by atoms with van der Waals surface area (Å²) in [6.07, 6.45) is 0. The van der Waals surface area contributed by atoms with Crippen LogP contribution in [0.25, 0.3) is 10.8 Å². The van der Waals surface area contributed by atoms with Crippen LogP contribution in [0, 0.1) is 0 Å². The molecule has 0 spiro atoms. The van der Waals surface area contributed by atoms with E-state index in [2.05, 4.69) is 26.4 Å². The maximum Gasteiger partial charge on any atom is 0.123 e. The van der Waals surface area contributed by atoms with Crippen LogP contribution in [0.3, 0.4) is 0 Å². The summed E-state index contributed by atoms with van der Waals surface area (Å²) >= 11 is 2.12. The molecule has 0 saturated heterocycles. The van der Waals surface area contributed by atoms with Crippen molar-refractivity contribution in [1.82, 2.24) is 3.53 Å². The predicted octanol–water partition coefficient (Wildman–Crippen LogP) is 2.99. The van der Waals surface area contributed by atoms with Crippen molar-refractivity contribution in [3.63, 3.8) is 0 Å². The van der Waals surface area contributed by atoms with E-state index in [1.807, 2.05) is 30.3 Å². The van der Waals surface area contributed by atoms with E-state index in [0.29, 0.717) is 5.75 Å². The van der Waals surface area contributed by atoms with Gasteiger partial charge in [-0.1, -0.05) is 30.3 Å². The molecular formula is C11H10INO. The minimum atomic E-state index is 0.345. The average molecular weight is 299 g/mol. The summed E-state index contributed by atoms with van der Waals surface area (Å²) in [6.45, 7) is 0.807. The molecule has 0 radical (unpaired) electrons. The summed E-state index contributed by atoms with van der Waals surface area (Å²) in [6, 6.07) is 11.6. The molecule has 0 aromatic heterocycles. The fraction of sp³-hybridized carbons (Fsp3) is 0.0909. The zero-order valence-electron chi connectivity index (χ0n) is 7.50. The number of rotatable bonds is 2. The first kappa shape index (κ1) is 9.73. The Hall–Kier alpha value is -0.810. The van der Waals surface area contributed by atoms with Crippen molar-refractivity contribution in [1.29, 1.82) is 0 Å². The lowest BCUT2D eigenvalue weighted by molar-refractivity contribution is 0.481. The highest BCUT2D eigenvalue weighted by Gasteiger charge is 2.03. The number of phenols is 1. The van der Waals surface area contributed by atoms with Gasteiger partial charge in [-0.3, -0.25) is 3.53 Å². The molecule has 2 aromatic carbocycles. The zero-order valence-corrected chi connectivity index (χ0v) is 9.65. The van der Waals surface area contributed by atoms with Crippen molar-refractivity contribution in [3.8, 4) is 5.75 Å². The lowest BCUT2D eigenvalue weighted by Crippen LogP contribution is -1.97. The third-order valence-corrected chi connectivity index (χ3v) is 2.63. The van der Waals surface area contributed by atoms with Gasteiger partial charge < -0.3 is 5.11 Å². The Balaban J connectivity index is 2.68. The molecule has 0 saturated carbocycles. The van der Waals surface area contributed by atoms with Gasteiger partial charge in [-0.2, -0.15) is 0 Å². The average Bonchev–Trinajstić information content (AvgIpc) is 2.23. The van der Waals surface area contributed by atoms with E-state index in [9.17, 15) is 5.11 Å². The largest absolute Gasteiger partial charge is 0.507 e. The van der Waals surface area contributed by atoms with Crippen LogP contribution in [0.15, 0.2) is 36.4 Å². The number of hydrogen-bond acceptors (Lipinski definition) is 2. The summed E-state index contributed by atoms with van der Waals surface area (Å²) in [5.74, 6) is 0.345. The van der Waals surface area contributed by atoms with Gasteiger partial charge in [-0.25, -0.2) is 0 Å². The predicted molar refractivity (Wildman–Crippen MR) is 66.5 cm³/mol. The van der Waals surface area contributed by atoms with Crippen molar-refractivity contribution in [2.75, 3.05) is 0 Å². The molecule has 0 fully saturated rings. The van der Waals surface area contributed by atoms with E-state index < -0.39 is 0 Å². The summed E-state index contributed by atoms with van der Waals surface area (Å²) in [4.78, 5) is 0. The fourth-order valence-corrected chi connectivity index (χ4v) is 1.98. The number of phenolic OH excluding ortho intramolecular Hbond substituents is 1. The molecule has 0 aliphatic heterocycles. The van der Waals surface area contributed by atoms with Crippen LogP contribution in [-0.2, 0) is 6.54 Å². The van der Waals surface area contributed by atoms with Crippen LogP contribution in [0.5, 0.6) is 5.75 Å². The van der Waals surface area contributed by atoms with Crippen molar-refractivity contribution in [3.05, 3.63) is 42.0 Å². The van der Waals surface area contributed by atoms with Gasteiger partial charge in [0.1, 0.15) is 5.75 Å². The first-order chi connectivity index (χ1) is 6.83. The monoisotopic (exact) mass is 299 g/mol. The minimum Gasteiger partial charge on any atom is -0.507 e. The van der Waals surface area contributed by atoms with E-state index in [0.717, 1.165) is 17.3 Å². The number of nitrogens with one attached hydrogen (secondary N) is 1. The molecule has 2 aromatic rings. The summed E-state index contributed by atoms with van der Waals surface area (Å²) in [5.41, 5.74) is 1.20. The van der Waals surface area contributed by atoms with Crippen LogP contribution in [0.2, 0.25) is 0 Å². The van der Waals surface area contributed by atoms with Gasteiger partial charge in [0.05, 0.1) is 0 Å². The number of hydrogen-bond donors (Lipinski definition) is 2. The van der Waals surface area contributed by atoms with Crippen LogP contribution in [0.4, 0.5) is 0 Å². The number of fused-ring (bicyclic) bond motifs is 1. The lowest BCUT2D eigenvalue weighted by atomic mass is 10.0. The first-order valence-electron chi connectivity index (χ1n) is 4.36. The number of benzene rings is 2. The third kappa shape index (κ3) is 1.69. The topological polar surface area (TPSA) is 32.3 Å². The van der Waals surface area contributed by atoms with Gasteiger partial charge >= 0.3 is 0 Å². The standard InChI is InChI=1S/C11H10INO/c12-13-7-8-5-6-11(14)10-4-2-1-3-9(8)10/h1-6,13-14H,7H2. The van der Waals surface area contributed by atoms with Crippen molar-refractivity contribution < 1.29 is 5.11 Å². The van der Waals surface area contributed by atoms with Gasteiger partial charge in [-0.05, 0) is 17.0 Å². The molecule has 72 valence electrons. The van der Waals surface area contributed by atoms with Crippen LogP contribution < -0.4 is 3.53 Å². The Labute approximate surface area is 96.4 Å². The van der Waals surface area contributed by atoms with E-state index in [1.54, 1.807) is 6.07 Å². The normalized spacial score (nSPS) is 10.6. The molecule has 14 heavy (non-hydrogen) atoms. The Morgan fingerprint density at radius 2 is 1.79 bits per heavy atom. The van der Waals surface area contributed by atoms with E-state index in [1.165, 1.54) is 5.56 Å². The molecule has 0 amide bonds. The second-order valence-electron chi connectivity index (χ2n) is 3.10. The fourth-order valence-electron chi connectivity index (χ4n) is 1.57. The second-order valence-corrected chi connectivity index (χ2v) is 3.86. The van der Waals surface area contributed by atoms with E-state index >= 15 is 0 Å². The molecule has 3 heteroatoms. The van der Waals surface area contributed by atoms with E-state index in [4.69, 9.17) is 0 Å². The van der Waals surface area contributed by atoms with Gasteiger partial charge in [0.15, 0.2) is 0 Å². The Morgan fingerprint density at radius 1 is 1.07 bits per heavy atom. The van der Waals surface area contributed by atoms with Crippen LogP contribution in [-0.4, -0.2) is 5.11 Å². The van der Waals surface area contributed by atoms with Gasteiger partial charge in [0, 0.05) is 34.8 Å². The molecule has 2 nitrogen and oxygen atoms in total. The van der Waals surface area contributed by atoms with Crippen molar-refractivity contribution >= 4 is 33.6 Å². The minimum absolute atomic E-state index is 0.345. The Bertz CT molecular complexity index is 456. The molecule has 2 rings (SSSR count). The van der Waals surface area contributed by atoms with Gasteiger partial charge in [0.25, 0.3) is 0 Å². The Kier molecular flexibility index (Phi) is 2.88. The van der Waals surface area contributed by atoms with Gasteiger partial charge in [-0.15, -0.1) is 0 Å². The molecule has 0 aliphatic carbocycles. The smallest absolute Gasteiger partial charge is 0.123 e. The molecule has 0 unspecified atom stereocenters. The molecular weight excluding hydrogens is 289 g/mol. The quantitative estimate of drug-likeness (QED) is 0.660. The molecule has 2 N–H and O–H groups in total. The molecule has 0 atom stereocenters. The summed E-state index contributed by atoms with van der Waals surface area (Å²) in [7, 11) is 0. The highest BCUT2D eigenvalue weighted by atomic mass is 127. The number of aromatic hydroxyl groups is 1.